The van der Waals surface area contributed by atoms with Gasteiger partial charge in [0.1, 0.15) is 6.04 Å². The molecule has 0 aliphatic heterocycles. The monoisotopic (exact) mass is 282 g/mol. The van der Waals surface area contributed by atoms with Gasteiger partial charge < -0.3 is 21.1 Å². The maximum absolute atomic E-state index is 12.1. The van der Waals surface area contributed by atoms with Gasteiger partial charge in [-0.3, -0.25) is 4.79 Å². The summed E-state index contributed by atoms with van der Waals surface area (Å²) in [4.78, 5) is 29.9. The molecular weight excluding hydrogens is 260 g/mol. The molecule has 1 rings (SSSR count). The molecule has 2 unspecified atom stereocenters. The third kappa shape index (κ3) is 5.00. The van der Waals surface area contributed by atoms with Gasteiger partial charge in [0.05, 0.1) is 12.2 Å². The maximum atomic E-state index is 12.1. The van der Waals surface area contributed by atoms with Gasteiger partial charge in [0.2, 0.25) is 5.91 Å². The summed E-state index contributed by atoms with van der Waals surface area (Å²) in [6.07, 6.45) is 3.81. The van der Waals surface area contributed by atoms with Crippen molar-refractivity contribution in [3.05, 3.63) is 18.2 Å². The Kier molecular flexibility index (Phi) is 6.17. The van der Waals surface area contributed by atoms with E-state index in [-0.39, 0.29) is 24.8 Å². The van der Waals surface area contributed by atoms with Crippen molar-refractivity contribution in [2.24, 2.45) is 17.6 Å². The number of H-pyrrole nitrogens is 1. The van der Waals surface area contributed by atoms with Gasteiger partial charge in [-0.2, -0.15) is 0 Å². The third-order valence-corrected chi connectivity index (χ3v) is 3.00. The number of nitrogens with two attached hydrogens (primary N) is 1. The van der Waals surface area contributed by atoms with E-state index in [4.69, 9.17) is 5.73 Å². The molecule has 0 aliphatic carbocycles. The number of aliphatic carboxylic acids is 1. The number of amides is 1. The van der Waals surface area contributed by atoms with E-state index < -0.39 is 12.0 Å². The van der Waals surface area contributed by atoms with Crippen LogP contribution in [0.4, 0.5) is 0 Å². The fourth-order valence-electron chi connectivity index (χ4n) is 1.99. The van der Waals surface area contributed by atoms with Gasteiger partial charge in [-0.15, -0.1) is 0 Å². The number of carbonyl (C=O) groups excluding carboxylic acids is 1. The highest BCUT2D eigenvalue weighted by molar-refractivity contribution is 5.85. The molecule has 1 amide bonds. The normalized spacial score (nSPS) is 14.0. The second kappa shape index (κ2) is 7.64. The van der Waals surface area contributed by atoms with E-state index in [0.29, 0.717) is 18.0 Å². The number of hydrogen-bond acceptors (Lipinski definition) is 4. The molecule has 5 N–H and O–H groups in total. The zero-order valence-corrected chi connectivity index (χ0v) is 11.8. The van der Waals surface area contributed by atoms with Gasteiger partial charge in [0, 0.05) is 24.9 Å². The SMILES string of the molecule is CC(C)CC(CN)C(=O)NC(Cc1cnc[nH]1)C(=O)O. The van der Waals surface area contributed by atoms with Crippen LogP contribution in [0.3, 0.4) is 0 Å². The van der Waals surface area contributed by atoms with Crippen molar-refractivity contribution in [3.63, 3.8) is 0 Å². The summed E-state index contributed by atoms with van der Waals surface area (Å²) < 4.78 is 0. The molecule has 0 fully saturated rings. The number of rotatable bonds is 8. The fraction of sp³-hybridized carbons (Fsp3) is 0.615. The Labute approximate surface area is 118 Å². The van der Waals surface area contributed by atoms with Crippen LogP contribution < -0.4 is 11.1 Å². The van der Waals surface area contributed by atoms with E-state index in [1.807, 2.05) is 13.8 Å². The number of carbonyl (C=O) groups is 2. The quantitative estimate of drug-likeness (QED) is 0.540. The number of aromatic amines is 1. The Morgan fingerprint density at radius 2 is 2.20 bits per heavy atom. The van der Waals surface area contributed by atoms with Crippen LogP contribution in [0.1, 0.15) is 26.0 Å². The largest absolute Gasteiger partial charge is 0.480 e. The van der Waals surface area contributed by atoms with Crippen molar-refractivity contribution in [1.82, 2.24) is 15.3 Å². The Hall–Kier alpha value is -1.89. The van der Waals surface area contributed by atoms with Crippen molar-refractivity contribution in [1.29, 1.82) is 0 Å². The first-order valence-electron chi connectivity index (χ1n) is 6.64. The fourth-order valence-corrected chi connectivity index (χ4v) is 1.99. The summed E-state index contributed by atoms with van der Waals surface area (Å²) >= 11 is 0. The van der Waals surface area contributed by atoms with E-state index in [1.165, 1.54) is 12.5 Å². The van der Waals surface area contributed by atoms with Gasteiger partial charge in [0.25, 0.3) is 0 Å². The molecule has 1 aromatic heterocycles. The number of hydrogen-bond donors (Lipinski definition) is 4. The molecule has 0 spiro atoms. The highest BCUT2D eigenvalue weighted by atomic mass is 16.4. The second-order valence-corrected chi connectivity index (χ2v) is 5.24. The standard InChI is InChI=1S/C13H22N4O3/c1-8(2)3-9(5-14)12(18)17-11(13(19)20)4-10-6-15-7-16-10/h6-9,11H,3-5,14H2,1-2H3,(H,15,16)(H,17,18)(H,19,20). The number of carboxylic acid groups (broad SMARTS) is 1. The van der Waals surface area contributed by atoms with Crippen LogP contribution in [0, 0.1) is 11.8 Å². The van der Waals surface area contributed by atoms with Crippen molar-refractivity contribution < 1.29 is 14.7 Å². The summed E-state index contributed by atoms with van der Waals surface area (Å²) in [7, 11) is 0. The minimum absolute atomic E-state index is 0.167. The zero-order chi connectivity index (χ0) is 15.1. The Morgan fingerprint density at radius 1 is 1.50 bits per heavy atom. The van der Waals surface area contributed by atoms with Crippen molar-refractivity contribution in [2.45, 2.75) is 32.7 Å². The maximum Gasteiger partial charge on any atom is 0.326 e. The van der Waals surface area contributed by atoms with Gasteiger partial charge >= 0.3 is 5.97 Å². The Morgan fingerprint density at radius 3 is 2.65 bits per heavy atom. The average Bonchev–Trinajstić information content (AvgIpc) is 2.87. The molecule has 0 aromatic carbocycles. The van der Waals surface area contributed by atoms with Gasteiger partial charge in [0.15, 0.2) is 0 Å². The molecule has 7 heteroatoms. The number of carboxylic acids is 1. The molecular formula is C13H22N4O3. The molecule has 20 heavy (non-hydrogen) atoms. The highest BCUT2D eigenvalue weighted by Crippen LogP contribution is 2.11. The van der Waals surface area contributed by atoms with Gasteiger partial charge in [-0.1, -0.05) is 13.8 Å². The van der Waals surface area contributed by atoms with E-state index >= 15 is 0 Å². The lowest BCUT2D eigenvalue weighted by molar-refractivity contribution is -0.142. The Bertz CT molecular complexity index is 431. The van der Waals surface area contributed by atoms with Gasteiger partial charge in [-0.05, 0) is 12.3 Å². The number of imidazole rings is 1. The summed E-state index contributed by atoms with van der Waals surface area (Å²) in [5.74, 6) is -1.43. The molecule has 0 saturated heterocycles. The van der Waals surface area contributed by atoms with E-state index in [0.717, 1.165) is 0 Å². The van der Waals surface area contributed by atoms with Crippen LogP contribution in [-0.2, 0) is 16.0 Å². The number of aromatic nitrogens is 2. The molecule has 0 radical (unpaired) electrons. The first kappa shape index (κ1) is 16.2. The first-order valence-corrected chi connectivity index (χ1v) is 6.64. The minimum atomic E-state index is -1.08. The second-order valence-electron chi connectivity index (χ2n) is 5.24. The average molecular weight is 282 g/mol. The molecule has 0 aliphatic rings. The van der Waals surface area contributed by atoms with Crippen LogP contribution in [0.2, 0.25) is 0 Å². The van der Waals surface area contributed by atoms with Crippen LogP contribution in [-0.4, -0.2) is 39.5 Å². The van der Waals surface area contributed by atoms with Crippen LogP contribution in [0.25, 0.3) is 0 Å². The predicted molar refractivity (Wildman–Crippen MR) is 73.9 cm³/mol. The van der Waals surface area contributed by atoms with Crippen molar-refractivity contribution in [3.8, 4) is 0 Å². The summed E-state index contributed by atoms with van der Waals surface area (Å²) in [6, 6.07) is -0.982. The molecule has 112 valence electrons. The molecule has 1 heterocycles. The van der Waals surface area contributed by atoms with Gasteiger partial charge in [-0.25, -0.2) is 9.78 Å². The summed E-state index contributed by atoms with van der Waals surface area (Å²) in [5, 5.41) is 11.7. The molecule has 2 atom stereocenters. The van der Waals surface area contributed by atoms with Crippen LogP contribution in [0.15, 0.2) is 12.5 Å². The Balaban J connectivity index is 2.64. The van der Waals surface area contributed by atoms with Crippen LogP contribution >= 0.6 is 0 Å². The van der Waals surface area contributed by atoms with E-state index in [1.54, 1.807) is 0 Å². The molecule has 1 aromatic rings. The summed E-state index contributed by atoms with van der Waals surface area (Å²) in [5.41, 5.74) is 6.24. The van der Waals surface area contributed by atoms with Crippen LogP contribution in [0.5, 0.6) is 0 Å². The zero-order valence-electron chi connectivity index (χ0n) is 11.8. The summed E-state index contributed by atoms with van der Waals surface area (Å²) in [6.45, 7) is 4.20. The van der Waals surface area contributed by atoms with Crippen molar-refractivity contribution in [2.75, 3.05) is 6.54 Å². The lowest BCUT2D eigenvalue weighted by Crippen LogP contribution is -2.46. The lowest BCUT2D eigenvalue weighted by atomic mass is 9.96. The number of nitrogens with one attached hydrogen (secondary N) is 2. The van der Waals surface area contributed by atoms with E-state index in [9.17, 15) is 14.7 Å². The number of nitrogens with zero attached hydrogens (tertiary/aromatic N) is 1. The predicted octanol–water partition coefficient (Wildman–Crippen LogP) is 0.143. The molecule has 0 saturated carbocycles. The first-order chi connectivity index (χ1) is 9.43. The third-order valence-electron chi connectivity index (χ3n) is 3.00. The highest BCUT2D eigenvalue weighted by Gasteiger charge is 2.25. The molecule has 7 nitrogen and oxygen atoms in total. The lowest BCUT2D eigenvalue weighted by Gasteiger charge is -2.20. The molecule has 0 bridgehead atoms. The minimum Gasteiger partial charge on any atom is -0.480 e. The smallest absolute Gasteiger partial charge is 0.326 e. The van der Waals surface area contributed by atoms with E-state index in [2.05, 4.69) is 15.3 Å². The topological polar surface area (TPSA) is 121 Å². The van der Waals surface area contributed by atoms with Crippen molar-refractivity contribution >= 4 is 11.9 Å².